The first kappa shape index (κ1) is 12.9. The highest BCUT2D eigenvalue weighted by Crippen LogP contribution is 2.38. The minimum atomic E-state index is 0.194. The number of anilines is 1. The number of ether oxygens (including phenoxy) is 1. The number of benzene rings is 2. The Morgan fingerprint density at radius 2 is 2.14 bits per heavy atom. The van der Waals surface area contributed by atoms with E-state index in [0.717, 1.165) is 28.1 Å². The minimum absolute atomic E-state index is 0.194. The van der Waals surface area contributed by atoms with Gasteiger partial charge in [-0.05, 0) is 18.2 Å². The van der Waals surface area contributed by atoms with E-state index in [2.05, 4.69) is 16.4 Å². The van der Waals surface area contributed by atoms with Crippen molar-refractivity contribution in [2.45, 2.75) is 12.5 Å². The first-order valence-corrected chi connectivity index (χ1v) is 8.08. The molecule has 0 saturated heterocycles. The maximum Gasteiger partial charge on any atom is 0.124 e. The number of fused-ring (bicyclic) bond motifs is 2. The normalized spacial score (nSPS) is 17.3. The molecule has 0 radical (unpaired) electrons. The third kappa shape index (κ3) is 2.24. The monoisotopic (exact) mass is 316 g/mol. The number of halogens is 1. The molecular formula is C16H13ClN2OS. The number of nitrogens with one attached hydrogen (secondary N) is 1. The number of para-hydroxylation sites is 1. The first-order chi connectivity index (χ1) is 10.3. The summed E-state index contributed by atoms with van der Waals surface area (Å²) < 4.78 is 6.85. The standard InChI is InChI=1S/C16H13ClN2OS/c17-11-5-6-14-16(18-9-21-14)15(11)19-12-7-8-20-13-4-2-1-3-10(12)13/h1-6,9,12,19H,7-8H2. The van der Waals surface area contributed by atoms with Gasteiger partial charge in [-0.15, -0.1) is 11.3 Å². The van der Waals surface area contributed by atoms with Crippen molar-refractivity contribution in [3.8, 4) is 5.75 Å². The van der Waals surface area contributed by atoms with Crippen LogP contribution in [0.3, 0.4) is 0 Å². The predicted octanol–water partition coefficient (Wildman–Crippen LogP) is 4.89. The molecule has 0 spiro atoms. The summed E-state index contributed by atoms with van der Waals surface area (Å²) >= 11 is 8.00. The predicted molar refractivity (Wildman–Crippen MR) is 87.5 cm³/mol. The molecule has 5 heteroatoms. The molecule has 0 saturated carbocycles. The Kier molecular flexibility index (Phi) is 3.20. The molecule has 2 heterocycles. The molecule has 1 atom stereocenters. The zero-order valence-corrected chi connectivity index (χ0v) is 12.7. The summed E-state index contributed by atoms with van der Waals surface area (Å²) in [6.45, 7) is 0.708. The Hall–Kier alpha value is -1.78. The SMILES string of the molecule is Clc1ccc2scnc2c1NC1CCOc2ccccc21. The smallest absolute Gasteiger partial charge is 0.124 e. The number of nitrogens with zero attached hydrogens (tertiary/aromatic N) is 1. The topological polar surface area (TPSA) is 34.2 Å². The number of hydrogen-bond acceptors (Lipinski definition) is 4. The lowest BCUT2D eigenvalue weighted by atomic mass is 10.0. The molecule has 3 aromatic rings. The molecule has 0 fully saturated rings. The van der Waals surface area contributed by atoms with E-state index < -0.39 is 0 Å². The molecule has 3 nitrogen and oxygen atoms in total. The van der Waals surface area contributed by atoms with Gasteiger partial charge < -0.3 is 10.1 Å². The van der Waals surface area contributed by atoms with Crippen molar-refractivity contribution in [1.82, 2.24) is 4.98 Å². The van der Waals surface area contributed by atoms with Crippen LogP contribution in [0.4, 0.5) is 5.69 Å². The summed E-state index contributed by atoms with van der Waals surface area (Å²) in [5.41, 5.74) is 4.88. The van der Waals surface area contributed by atoms with Crippen LogP contribution in [0.2, 0.25) is 5.02 Å². The molecule has 1 aliphatic rings. The van der Waals surface area contributed by atoms with Crippen LogP contribution in [-0.4, -0.2) is 11.6 Å². The summed E-state index contributed by atoms with van der Waals surface area (Å²) in [7, 11) is 0. The molecule has 1 aliphatic heterocycles. The van der Waals surface area contributed by atoms with Gasteiger partial charge >= 0.3 is 0 Å². The summed E-state index contributed by atoms with van der Waals surface area (Å²) in [6, 6.07) is 12.3. The minimum Gasteiger partial charge on any atom is -0.493 e. The average Bonchev–Trinajstić information content (AvgIpc) is 2.99. The lowest BCUT2D eigenvalue weighted by molar-refractivity contribution is 0.274. The molecule has 0 amide bonds. The fourth-order valence-electron chi connectivity index (χ4n) is 2.71. The molecule has 1 aromatic heterocycles. The van der Waals surface area contributed by atoms with Gasteiger partial charge in [-0.3, -0.25) is 0 Å². The van der Waals surface area contributed by atoms with Crippen LogP contribution in [0.1, 0.15) is 18.0 Å². The third-order valence-electron chi connectivity index (χ3n) is 3.73. The first-order valence-electron chi connectivity index (χ1n) is 6.83. The Balaban J connectivity index is 1.76. The summed E-state index contributed by atoms with van der Waals surface area (Å²) in [5.74, 6) is 0.947. The van der Waals surface area contributed by atoms with Crippen LogP contribution in [0.15, 0.2) is 41.9 Å². The van der Waals surface area contributed by atoms with E-state index in [-0.39, 0.29) is 6.04 Å². The zero-order chi connectivity index (χ0) is 14.2. The number of hydrogen-bond donors (Lipinski definition) is 1. The van der Waals surface area contributed by atoms with Crippen LogP contribution in [0.5, 0.6) is 5.75 Å². The second-order valence-electron chi connectivity index (χ2n) is 4.99. The van der Waals surface area contributed by atoms with Gasteiger partial charge in [0.25, 0.3) is 0 Å². The van der Waals surface area contributed by atoms with Crippen LogP contribution in [0, 0.1) is 0 Å². The molecule has 106 valence electrons. The highest BCUT2D eigenvalue weighted by molar-refractivity contribution is 7.16. The maximum atomic E-state index is 6.38. The van der Waals surface area contributed by atoms with Crippen LogP contribution >= 0.6 is 22.9 Å². The highest BCUT2D eigenvalue weighted by atomic mass is 35.5. The fourth-order valence-corrected chi connectivity index (χ4v) is 3.60. The van der Waals surface area contributed by atoms with Gasteiger partial charge in [-0.1, -0.05) is 29.8 Å². The van der Waals surface area contributed by atoms with Crippen molar-refractivity contribution in [2.24, 2.45) is 0 Å². The molecule has 1 unspecified atom stereocenters. The van der Waals surface area contributed by atoms with Gasteiger partial charge in [-0.2, -0.15) is 0 Å². The van der Waals surface area contributed by atoms with Crippen molar-refractivity contribution in [3.05, 3.63) is 52.5 Å². The van der Waals surface area contributed by atoms with Crippen molar-refractivity contribution in [3.63, 3.8) is 0 Å². The molecular weight excluding hydrogens is 304 g/mol. The van der Waals surface area contributed by atoms with Gasteiger partial charge in [0.2, 0.25) is 0 Å². The Labute approximate surface area is 131 Å². The van der Waals surface area contributed by atoms with Gasteiger partial charge in [0.15, 0.2) is 0 Å². The Bertz CT molecular complexity index is 802. The van der Waals surface area contributed by atoms with Crippen LogP contribution < -0.4 is 10.1 Å². The fraction of sp³-hybridized carbons (Fsp3) is 0.188. The van der Waals surface area contributed by atoms with Crippen molar-refractivity contribution < 1.29 is 4.74 Å². The van der Waals surface area contributed by atoms with Gasteiger partial charge in [0.05, 0.1) is 33.6 Å². The second-order valence-corrected chi connectivity index (χ2v) is 6.29. The quantitative estimate of drug-likeness (QED) is 0.731. The van der Waals surface area contributed by atoms with E-state index in [9.17, 15) is 0 Å². The number of aromatic nitrogens is 1. The largest absolute Gasteiger partial charge is 0.493 e. The van der Waals surface area contributed by atoms with E-state index in [1.54, 1.807) is 11.3 Å². The van der Waals surface area contributed by atoms with E-state index in [4.69, 9.17) is 16.3 Å². The molecule has 0 aliphatic carbocycles. The Morgan fingerprint density at radius 1 is 1.24 bits per heavy atom. The Morgan fingerprint density at radius 3 is 3.10 bits per heavy atom. The third-order valence-corrected chi connectivity index (χ3v) is 4.84. The molecule has 2 aromatic carbocycles. The molecule has 21 heavy (non-hydrogen) atoms. The van der Waals surface area contributed by atoms with E-state index in [1.165, 1.54) is 5.56 Å². The maximum absolute atomic E-state index is 6.38. The van der Waals surface area contributed by atoms with E-state index >= 15 is 0 Å². The highest BCUT2D eigenvalue weighted by Gasteiger charge is 2.22. The van der Waals surface area contributed by atoms with E-state index in [0.29, 0.717) is 11.6 Å². The lowest BCUT2D eigenvalue weighted by Gasteiger charge is -2.27. The summed E-state index contributed by atoms with van der Waals surface area (Å²) in [5, 5.41) is 4.27. The van der Waals surface area contributed by atoms with Crippen LogP contribution in [-0.2, 0) is 0 Å². The van der Waals surface area contributed by atoms with E-state index in [1.807, 2.05) is 35.8 Å². The zero-order valence-electron chi connectivity index (χ0n) is 11.2. The van der Waals surface area contributed by atoms with Crippen molar-refractivity contribution >= 4 is 38.8 Å². The molecule has 4 rings (SSSR count). The van der Waals surface area contributed by atoms with Crippen molar-refractivity contribution in [1.29, 1.82) is 0 Å². The molecule has 1 N–H and O–H groups in total. The summed E-state index contributed by atoms with van der Waals surface area (Å²) in [6.07, 6.45) is 0.911. The second kappa shape index (κ2) is 5.20. The molecule has 0 bridgehead atoms. The summed E-state index contributed by atoms with van der Waals surface area (Å²) in [4.78, 5) is 4.44. The van der Waals surface area contributed by atoms with Gasteiger partial charge in [0, 0.05) is 12.0 Å². The average molecular weight is 317 g/mol. The van der Waals surface area contributed by atoms with Crippen molar-refractivity contribution in [2.75, 3.05) is 11.9 Å². The van der Waals surface area contributed by atoms with Crippen LogP contribution in [0.25, 0.3) is 10.2 Å². The number of rotatable bonds is 2. The van der Waals surface area contributed by atoms with Gasteiger partial charge in [-0.25, -0.2) is 4.98 Å². The lowest BCUT2D eigenvalue weighted by Crippen LogP contribution is -2.20. The van der Waals surface area contributed by atoms with Gasteiger partial charge in [0.1, 0.15) is 11.3 Å². The number of thiazole rings is 1.